The smallest absolute Gasteiger partial charge is 0.0609 e. The van der Waals surface area contributed by atoms with E-state index in [9.17, 15) is 0 Å². The van der Waals surface area contributed by atoms with Gasteiger partial charge in [-0.2, -0.15) is 0 Å². The van der Waals surface area contributed by atoms with Gasteiger partial charge in [-0.1, -0.05) is 6.92 Å². The van der Waals surface area contributed by atoms with E-state index in [0.29, 0.717) is 6.54 Å². The molecule has 68 valence electrons. The van der Waals surface area contributed by atoms with Crippen LogP contribution in [0.25, 0.3) is 0 Å². The molecule has 0 fully saturated rings. The van der Waals surface area contributed by atoms with Crippen LogP contribution < -0.4 is 0 Å². The Balaban J connectivity index is 3.76. The topological polar surface area (TPSA) is 63.9 Å². The molecule has 0 unspecified atom stereocenters. The molecule has 0 saturated carbocycles. The Kier molecular flexibility index (Phi) is 6.45. The van der Waals surface area contributed by atoms with Crippen LogP contribution in [0.4, 0.5) is 0 Å². The minimum atomic E-state index is -0.229. The van der Waals surface area contributed by atoms with Gasteiger partial charge in [0.1, 0.15) is 0 Å². The van der Waals surface area contributed by atoms with Crippen LogP contribution in [0.15, 0.2) is 0 Å². The number of aliphatic hydroxyl groups excluding tert-OH is 3. The number of likely N-dealkylation sites (N-methyl/N-ethyl adjacent to an activating group) is 1. The van der Waals surface area contributed by atoms with Crippen molar-refractivity contribution < 1.29 is 15.3 Å². The second-order valence-electron chi connectivity index (χ2n) is 2.37. The van der Waals surface area contributed by atoms with Crippen molar-refractivity contribution in [3.05, 3.63) is 0 Å². The van der Waals surface area contributed by atoms with Gasteiger partial charge in [-0.25, -0.2) is 0 Å². The lowest BCUT2D eigenvalue weighted by atomic mass is 10.3. The average molecular weight is 163 g/mol. The molecule has 0 atom stereocenters. The van der Waals surface area contributed by atoms with Crippen LogP contribution >= 0.6 is 0 Å². The maximum atomic E-state index is 8.77. The fourth-order valence-corrected chi connectivity index (χ4v) is 1.02. The van der Waals surface area contributed by atoms with Crippen molar-refractivity contribution in [3.63, 3.8) is 0 Å². The first-order chi connectivity index (χ1) is 5.29. The molecule has 0 aromatic carbocycles. The summed E-state index contributed by atoms with van der Waals surface area (Å²) in [7, 11) is 0. The molecule has 4 heteroatoms. The summed E-state index contributed by atoms with van der Waals surface area (Å²) in [5, 5.41) is 26.1. The lowest BCUT2D eigenvalue weighted by Crippen LogP contribution is -2.42. The van der Waals surface area contributed by atoms with Crippen molar-refractivity contribution in [2.45, 2.75) is 13.0 Å². The maximum absolute atomic E-state index is 8.77. The van der Waals surface area contributed by atoms with Crippen molar-refractivity contribution in [2.75, 3.05) is 32.9 Å². The van der Waals surface area contributed by atoms with Crippen molar-refractivity contribution >= 4 is 0 Å². The lowest BCUT2D eigenvalue weighted by molar-refractivity contribution is 0.0651. The third kappa shape index (κ3) is 3.67. The van der Waals surface area contributed by atoms with Crippen LogP contribution in [0.1, 0.15) is 6.92 Å². The minimum Gasteiger partial charge on any atom is -0.395 e. The summed E-state index contributed by atoms with van der Waals surface area (Å²) in [6.45, 7) is 3.08. The third-order valence-corrected chi connectivity index (χ3v) is 1.73. The molecule has 0 spiro atoms. The molecule has 0 aliphatic carbocycles. The molecule has 0 amide bonds. The first kappa shape index (κ1) is 10.8. The van der Waals surface area contributed by atoms with Crippen LogP contribution in [0.5, 0.6) is 0 Å². The van der Waals surface area contributed by atoms with E-state index in [1.807, 2.05) is 11.8 Å². The number of hydrogen-bond donors (Lipinski definition) is 3. The Morgan fingerprint density at radius 2 is 1.73 bits per heavy atom. The number of aliphatic hydroxyl groups is 3. The zero-order chi connectivity index (χ0) is 8.69. The predicted molar refractivity (Wildman–Crippen MR) is 42.3 cm³/mol. The Morgan fingerprint density at radius 1 is 1.18 bits per heavy atom. The fraction of sp³-hybridized carbons (Fsp3) is 1.00. The molecule has 0 bridgehead atoms. The molecule has 0 radical (unpaired) electrons. The van der Waals surface area contributed by atoms with Gasteiger partial charge in [0.15, 0.2) is 0 Å². The summed E-state index contributed by atoms with van der Waals surface area (Å²) in [6.07, 6.45) is 0. The second-order valence-corrected chi connectivity index (χ2v) is 2.37. The standard InChI is InChI=1S/C7H17NO3/c1-2-8(3-4-9)7(5-10)6-11/h7,9-11H,2-6H2,1H3. The van der Waals surface area contributed by atoms with Crippen molar-refractivity contribution in [3.8, 4) is 0 Å². The van der Waals surface area contributed by atoms with E-state index in [0.717, 1.165) is 6.54 Å². The Labute approximate surface area is 67.1 Å². The summed E-state index contributed by atoms with van der Waals surface area (Å²) in [5.41, 5.74) is 0. The van der Waals surface area contributed by atoms with Crippen molar-refractivity contribution in [1.82, 2.24) is 4.90 Å². The summed E-state index contributed by atoms with van der Waals surface area (Å²) < 4.78 is 0. The molecule has 0 aromatic heterocycles. The van der Waals surface area contributed by atoms with E-state index in [2.05, 4.69) is 0 Å². The molecular formula is C7H17NO3. The van der Waals surface area contributed by atoms with Crippen LogP contribution in [0, 0.1) is 0 Å². The van der Waals surface area contributed by atoms with E-state index in [1.165, 1.54) is 0 Å². The van der Waals surface area contributed by atoms with Gasteiger partial charge in [0.2, 0.25) is 0 Å². The molecule has 3 N–H and O–H groups in total. The summed E-state index contributed by atoms with van der Waals surface area (Å²) in [6, 6.07) is -0.229. The van der Waals surface area contributed by atoms with Gasteiger partial charge in [0.05, 0.1) is 25.9 Å². The molecule has 0 aliphatic rings. The highest BCUT2D eigenvalue weighted by Crippen LogP contribution is 1.96. The van der Waals surface area contributed by atoms with Gasteiger partial charge in [0, 0.05) is 6.54 Å². The summed E-state index contributed by atoms with van der Waals surface area (Å²) in [4.78, 5) is 1.83. The van der Waals surface area contributed by atoms with Crippen molar-refractivity contribution in [2.24, 2.45) is 0 Å². The van der Waals surface area contributed by atoms with E-state index < -0.39 is 0 Å². The predicted octanol–water partition coefficient (Wildman–Crippen LogP) is -1.35. The van der Waals surface area contributed by atoms with Crippen LogP contribution in [-0.2, 0) is 0 Å². The molecule has 4 nitrogen and oxygen atoms in total. The monoisotopic (exact) mass is 163 g/mol. The first-order valence-electron chi connectivity index (χ1n) is 3.86. The van der Waals surface area contributed by atoms with Gasteiger partial charge >= 0.3 is 0 Å². The largest absolute Gasteiger partial charge is 0.395 e. The highest BCUT2D eigenvalue weighted by Gasteiger charge is 2.13. The van der Waals surface area contributed by atoms with E-state index >= 15 is 0 Å². The molecule has 0 rings (SSSR count). The molecule has 0 saturated heterocycles. The Bertz CT molecular complexity index is 85.8. The Morgan fingerprint density at radius 3 is 2.00 bits per heavy atom. The van der Waals surface area contributed by atoms with Gasteiger partial charge in [-0.15, -0.1) is 0 Å². The van der Waals surface area contributed by atoms with Gasteiger partial charge in [0.25, 0.3) is 0 Å². The van der Waals surface area contributed by atoms with E-state index in [-0.39, 0.29) is 25.9 Å². The SMILES string of the molecule is CCN(CCO)C(CO)CO. The minimum absolute atomic E-state index is 0.0599. The number of hydrogen-bond acceptors (Lipinski definition) is 4. The quantitative estimate of drug-likeness (QED) is 0.453. The lowest BCUT2D eigenvalue weighted by Gasteiger charge is -2.26. The Hall–Kier alpha value is -0.160. The van der Waals surface area contributed by atoms with Crippen LogP contribution in [0.3, 0.4) is 0 Å². The average Bonchev–Trinajstić information content (AvgIpc) is 2.05. The third-order valence-electron chi connectivity index (χ3n) is 1.73. The van der Waals surface area contributed by atoms with Crippen LogP contribution in [-0.4, -0.2) is 59.2 Å². The summed E-state index contributed by atoms with van der Waals surface area (Å²) in [5.74, 6) is 0. The second kappa shape index (κ2) is 6.54. The van der Waals surface area contributed by atoms with Crippen LogP contribution in [0.2, 0.25) is 0 Å². The maximum Gasteiger partial charge on any atom is 0.0609 e. The zero-order valence-corrected chi connectivity index (χ0v) is 6.90. The molecule has 0 heterocycles. The number of nitrogens with zero attached hydrogens (tertiary/aromatic N) is 1. The molecular weight excluding hydrogens is 146 g/mol. The van der Waals surface area contributed by atoms with E-state index in [1.54, 1.807) is 0 Å². The zero-order valence-electron chi connectivity index (χ0n) is 6.90. The van der Waals surface area contributed by atoms with Crippen molar-refractivity contribution in [1.29, 1.82) is 0 Å². The normalized spacial score (nSPS) is 11.5. The van der Waals surface area contributed by atoms with Gasteiger partial charge in [-0.3, -0.25) is 4.90 Å². The van der Waals surface area contributed by atoms with Gasteiger partial charge < -0.3 is 15.3 Å². The molecule has 11 heavy (non-hydrogen) atoms. The number of rotatable bonds is 6. The van der Waals surface area contributed by atoms with E-state index in [4.69, 9.17) is 15.3 Å². The highest BCUT2D eigenvalue weighted by molar-refractivity contribution is 4.67. The highest BCUT2D eigenvalue weighted by atomic mass is 16.3. The summed E-state index contributed by atoms with van der Waals surface area (Å²) >= 11 is 0. The fourth-order valence-electron chi connectivity index (χ4n) is 1.02. The molecule has 0 aliphatic heterocycles. The molecule has 0 aromatic rings. The van der Waals surface area contributed by atoms with Gasteiger partial charge in [-0.05, 0) is 6.54 Å². The first-order valence-corrected chi connectivity index (χ1v) is 3.86.